The molecule has 1 rings (SSSR count). The Labute approximate surface area is 82.9 Å². The summed E-state index contributed by atoms with van der Waals surface area (Å²) in [7, 11) is 0. The Bertz CT molecular complexity index is 242. The number of nitrogens with one attached hydrogen (secondary N) is 2. The first-order valence-corrected chi connectivity index (χ1v) is 4.74. The van der Waals surface area contributed by atoms with E-state index in [1.54, 1.807) is 6.92 Å². The molecule has 5 nitrogen and oxygen atoms in total. The predicted octanol–water partition coefficient (Wildman–Crippen LogP) is -0.989. The number of hydrogen-bond donors (Lipinski definition) is 3. The Hall–Kier alpha value is -1.10. The Morgan fingerprint density at radius 3 is 2.93 bits per heavy atom. The van der Waals surface area contributed by atoms with Crippen molar-refractivity contribution >= 4 is 11.8 Å². The highest BCUT2D eigenvalue weighted by molar-refractivity contribution is 5.92. The molecule has 1 fully saturated rings. The molecule has 1 atom stereocenters. The lowest BCUT2D eigenvalue weighted by molar-refractivity contribution is -0.131. The third-order valence-electron chi connectivity index (χ3n) is 2.40. The van der Waals surface area contributed by atoms with Crippen LogP contribution < -0.4 is 10.6 Å². The van der Waals surface area contributed by atoms with Gasteiger partial charge in [0.2, 0.25) is 11.8 Å². The van der Waals surface area contributed by atoms with Crippen molar-refractivity contribution in [2.75, 3.05) is 19.7 Å². The smallest absolute Gasteiger partial charge is 0.228 e. The zero-order chi connectivity index (χ0) is 10.6. The summed E-state index contributed by atoms with van der Waals surface area (Å²) in [5.74, 6) is -0.200. The Morgan fingerprint density at radius 1 is 1.71 bits per heavy atom. The third kappa shape index (κ3) is 2.45. The summed E-state index contributed by atoms with van der Waals surface area (Å²) in [6.45, 7) is 2.68. The fraction of sp³-hybridized carbons (Fsp3) is 0.778. The highest BCUT2D eigenvalue weighted by Gasteiger charge is 2.40. The van der Waals surface area contributed by atoms with Crippen molar-refractivity contribution in [2.24, 2.45) is 5.41 Å². The van der Waals surface area contributed by atoms with Crippen molar-refractivity contribution in [1.82, 2.24) is 10.6 Å². The van der Waals surface area contributed by atoms with Crippen LogP contribution in [0.15, 0.2) is 0 Å². The summed E-state index contributed by atoms with van der Waals surface area (Å²) in [5.41, 5.74) is -0.619. The van der Waals surface area contributed by atoms with Crippen LogP contribution in [-0.4, -0.2) is 36.6 Å². The Morgan fingerprint density at radius 2 is 2.43 bits per heavy atom. The molecule has 14 heavy (non-hydrogen) atoms. The molecule has 2 amide bonds. The molecule has 0 saturated carbocycles. The molecular formula is C9H16N2O3. The van der Waals surface area contributed by atoms with Crippen LogP contribution in [0.1, 0.15) is 19.8 Å². The Kier molecular flexibility index (Phi) is 3.46. The number of amides is 2. The summed E-state index contributed by atoms with van der Waals surface area (Å²) in [5, 5.41) is 13.9. The van der Waals surface area contributed by atoms with Crippen LogP contribution >= 0.6 is 0 Å². The molecular weight excluding hydrogens is 184 g/mol. The second-order valence-electron chi connectivity index (χ2n) is 3.85. The van der Waals surface area contributed by atoms with Gasteiger partial charge in [0, 0.05) is 26.1 Å². The maximum Gasteiger partial charge on any atom is 0.228 e. The van der Waals surface area contributed by atoms with Crippen molar-refractivity contribution in [2.45, 2.75) is 19.8 Å². The van der Waals surface area contributed by atoms with Gasteiger partial charge in [0.25, 0.3) is 0 Å². The second kappa shape index (κ2) is 4.41. The molecule has 80 valence electrons. The standard InChI is InChI=1S/C9H16N2O3/c1-9(5-7(13)11-6-9)8(14)10-3-2-4-12/h12H,2-6H2,1H3,(H,10,14)(H,11,13). The normalized spacial score (nSPS) is 26.0. The number of aliphatic hydroxyl groups is 1. The third-order valence-corrected chi connectivity index (χ3v) is 2.40. The van der Waals surface area contributed by atoms with Crippen molar-refractivity contribution < 1.29 is 14.7 Å². The minimum absolute atomic E-state index is 0.0637. The SMILES string of the molecule is CC1(C(=O)NCCCO)CNC(=O)C1. The topological polar surface area (TPSA) is 78.4 Å². The summed E-state index contributed by atoms with van der Waals surface area (Å²) in [4.78, 5) is 22.6. The van der Waals surface area contributed by atoms with Gasteiger partial charge in [0.15, 0.2) is 0 Å². The lowest BCUT2D eigenvalue weighted by Gasteiger charge is -2.20. The van der Waals surface area contributed by atoms with E-state index in [1.807, 2.05) is 0 Å². The van der Waals surface area contributed by atoms with Gasteiger partial charge in [-0.3, -0.25) is 9.59 Å². The molecule has 1 saturated heterocycles. The largest absolute Gasteiger partial charge is 0.396 e. The molecule has 1 aliphatic heterocycles. The fourth-order valence-corrected chi connectivity index (χ4v) is 1.43. The van der Waals surface area contributed by atoms with E-state index in [4.69, 9.17) is 5.11 Å². The molecule has 0 bridgehead atoms. The average molecular weight is 200 g/mol. The first-order chi connectivity index (χ1) is 6.58. The summed E-state index contributed by atoms with van der Waals surface area (Å²) in [6, 6.07) is 0. The van der Waals surface area contributed by atoms with Gasteiger partial charge in [0.1, 0.15) is 0 Å². The molecule has 0 aromatic rings. The van der Waals surface area contributed by atoms with Crippen LogP contribution in [0.3, 0.4) is 0 Å². The van der Waals surface area contributed by atoms with Gasteiger partial charge in [-0.15, -0.1) is 0 Å². The van der Waals surface area contributed by atoms with Gasteiger partial charge < -0.3 is 15.7 Å². The molecule has 0 aromatic carbocycles. The first kappa shape index (κ1) is 11.0. The minimum atomic E-state index is -0.619. The number of carbonyl (C=O) groups is 2. The van der Waals surface area contributed by atoms with Gasteiger partial charge in [-0.1, -0.05) is 0 Å². The van der Waals surface area contributed by atoms with Gasteiger partial charge in [-0.05, 0) is 13.3 Å². The number of aliphatic hydroxyl groups excluding tert-OH is 1. The van der Waals surface area contributed by atoms with Crippen LogP contribution in [0.5, 0.6) is 0 Å². The maximum absolute atomic E-state index is 11.6. The van der Waals surface area contributed by atoms with Crippen LogP contribution in [0.2, 0.25) is 0 Å². The van der Waals surface area contributed by atoms with Crippen molar-refractivity contribution in [3.05, 3.63) is 0 Å². The predicted molar refractivity (Wildman–Crippen MR) is 50.4 cm³/mol. The lowest BCUT2D eigenvalue weighted by Crippen LogP contribution is -2.40. The number of rotatable bonds is 4. The number of hydrogen-bond acceptors (Lipinski definition) is 3. The van der Waals surface area contributed by atoms with E-state index in [1.165, 1.54) is 0 Å². The van der Waals surface area contributed by atoms with Crippen LogP contribution in [0, 0.1) is 5.41 Å². The fourth-order valence-electron chi connectivity index (χ4n) is 1.43. The second-order valence-corrected chi connectivity index (χ2v) is 3.85. The van der Waals surface area contributed by atoms with Crippen molar-refractivity contribution in [3.63, 3.8) is 0 Å². The molecule has 1 unspecified atom stereocenters. The Balaban J connectivity index is 2.39. The highest BCUT2D eigenvalue weighted by atomic mass is 16.3. The number of carbonyl (C=O) groups excluding carboxylic acids is 2. The maximum atomic E-state index is 11.6. The van der Waals surface area contributed by atoms with E-state index in [-0.39, 0.29) is 24.8 Å². The molecule has 0 aromatic heterocycles. The summed E-state index contributed by atoms with van der Waals surface area (Å²) in [6.07, 6.45) is 0.793. The van der Waals surface area contributed by atoms with Crippen LogP contribution in [-0.2, 0) is 9.59 Å². The molecule has 3 N–H and O–H groups in total. The van der Waals surface area contributed by atoms with Gasteiger partial charge in [-0.2, -0.15) is 0 Å². The van der Waals surface area contributed by atoms with Crippen molar-refractivity contribution in [1.29, 1.82) is 0 Å². The first-order valence-electron chi connectivity index (χ1n) is 4.74. The van der Waals surface area contributed by atoms with Gasteiger partial charge >= 0.3 is 0 Å². The van der Waals surface area contributed by atoms with E-state index in [0.29, 0.717) is 19.5 Å². The van der Waals surface area contributed by atoms with Crippen LogP contribution in [0.25, 0.3) is 0 Å². The van der Waals surface area contributed by atoms with E-state index in [9.17, 15) is 9.59 Å². The van der Waals surface area contributed by atoms with Crippen molar-refractivity contribution in [3.8, 4) is 0 Å². The minimum Gasteiger partial charge on any atom is -0.396 e. The van der Waals surface area contributed by atoms with Gasteiger partial charge in [-0.25, -0.2) is 0 Å². The van der Waals surface area contributed by atoms with E-state index >= 15 is 0 Å². The highest BCUT2D eigenvalue weighted by Crippen LogP contribution is 2.25. The molecule has 5 heteroatoms. The van der Waals surface area contributed by atoms with Crippen LogP contribution in [0.4, 0.5) is 0 Å². The zero-order valence-corrected chi connectivity index (χ0v) is 8.30. The van der Waals surface area contributed by atoms with E-state index < -0.39 is 5.41 Å². The zero-order valence-electron chi connectivity index (χ0n) is 8.30. The van der Waals surface area contributed by atoms with E-state index in [0.717, 1.165) is 0 Å². The van der Waals surface area contributed by atoms with E-state index in [2.05, 4.69) is 10.6 Å². The monoisotopic (exact) mass is 200 g/mol. The summed E-state index contributed by atoms with van der Waals surface area (Å²) < 4.78 is 0. The van der Waals surface area contributed by atoms with Gasteiger partial charge in [0.05, 0.1) is 5.41 Å². The molecule has 0 aliphatic carbocycles. The molecule has 1 heterocycles. The summed E-state index contributed by atoms with van der Waals surface area (Å²) >= 11 is 0. The quantitative estimate of drug-likeness (QED) is 0.510. The molecule has 0 spiro atoms. The molecule has 0 radical (unpaired) electrons. The average Bonchev–Trinajstić information content (AvgIpc) is 2.48. The molecule has 1 aliphatic rings. The lowest BCUT2D eigenvalue weighted by atomic mass is 9.88.